The van der Waals surface area contributed by atoms with E-state index in [-0.39, 0.29) is 24.2 Å². The first-order valence-electron chi connectivity index (χ1n) is 14.9. The van der Waals surface area contributed by atoms with E-state index >= 15 is 0 Å². The average molecular weight is 571 g/mol. The summed E-state index contributed by atoms with van der Waals surface area (Å²) in [6, 6.07) is 22.7. The molecular formula is C37H46O5. The Morgan fingerprint density at radius 2 is 1.31 bits per heavy atom. The summed E-state index contributed by atoms with van der Waals surface area (Å²) in [7, 11) is 1.63. The van der Waals surface area contributed by atoms with Crippen LogP contribution in [0.15, 0.2) is 78.9 Å². The Hall–Kier alpha value is -3.86. The first-order chi connectivity index (χ1) is 20.0. The number of benzene rings is 3. The summed E-state index contributed by atoms with van der Waals surface area (Å²) in [6.45, 7) is 14.2. The van der Waals surface area contributed by atoms with Gasteiger partial charge in [0.05, 0.1) is 17.9 Å². The van der Waals surface area contributed by atoms with Crippen LogP contribution >= 0.6 is 0 Å². The quantitative estimate of drug-likeness (QED) is 0.151. The molecule has 0 N–H and O–H groups in total. The second-order valence-corrected chi connectivity index (χ2v) is 11.9. The fourth-order valence-corrected chi connectivity index (χ4v) is 5.27. The van der Waals surface area contributed by atoms with Crippen molar-refractivity contribution in [2.24, 2.45) is 10.8 Å². The fraction of sp³-hybridized carbons (Fsp3) is 0.405. The minimum Gasteiger partial charge on any atom is -0.497 e. The zero-order valence-electron chi connectivity index (χ0n) is 26.4. The lowest BCUT2D eigenvalue weighted by molar-refractivity contribution is -0.152. The lowest BCUT2D eigenvalue weighted by atomic mass is 9.68. The minimum absolute atomic E-state index is 0.166. The Kier molecular flexibility index (Phi) is 11.2. The minimum atomic E-state index is -1.14. The van der Waals surface area contributed by atoms with E-state index in [1.165, 1.54) is 0 Å². The SMILES string of the molecule is CCC(CC)(CC(C)(/C=C/c1ccc(OC)cc1)C(=O)Oc1c(C(C)C)cccc1C(C)C)C(=O)Oc1ccccc1. The van der Waals surface area contributed by atoms with Crippen LogP contribution in [0.1, 0.15) is 96.3 Å². The van der Waals surface area contributed by atoms with Crippen molar-refractivity contribution in [1.29, 1.82) is 0 Å². The first-order valence-corrected chi connectivity index (χ1v) is 14.9. The molecule has 0 spiro atoms. The maximum atomic E-state index is 14.4. The highest BCUT2D eigenvalue weighted by molar-refractivity contribution is 5.85. The van der Waals surface area contributed by atoms with E-state index in [9.17, 15) is 9.59 Å². The van der Waals surface area contributed by atoms with Crippen LogP contribution in [0.4, 0.5) is 0 Å². The Balaban J connectivity index is 2.08. The van der Waals surface area contributed by atoms with E-state index < -0.39 is 16.8 Å². The summed E-state index contributed by atoms with van der Waals surface area (Å²) >= 11 is 0. The van der Waals surface area contributed by atoms with E-state index in [1.54, 1.807) is 19.2 Å². The molecule has 0 aromatic heterocycles. The number of para-hydroxylation sites is 2. The van der Waals surface area contributed by atoms with Gasteiger partial charge in [0.25, 0.3) is 0 Å². The van der Waals surface area contributed by atoms with Gasteiger partial charge in [-0.2, -0.15) is 0 Å². The van der Waals surface area contributed by atoms with E-state index in [0.717, 1.165) is 22.4 Å². The Morgan fingerprint density at radius 3 is 1.81 bits per heavy atom. The van der Waals surface area contributed by atoms with Gasteiger partial charge in [0.15, 0.2) is 0 Å². The van der Waals surface area contributed by atoms with E-state index in [0.29, 0.717) is 24.3 Å². The number of carbonyl (C=O) groups excluding carboxylic acids is 2. The van der Waals surface area contributed by atoms with Crippen LogP contribution in [0, 0.1) is 10.8 Å². The maximum Gasteiger partial charge on any atom is 0.321 e. The summed E-state index contributed by atoms with van der Waals surface area (Å²) in [4.78, 5) is 28.1. The standard InChI is InChI=1S/C37H46O5/c1-9-37(10-2,35(39)41-30-15-12-11-13-16-30)25-36(7,24-23-28-19-21-29(40-8)22-20-28)34(38)42-33-31(26(3)4)17-14-18-32(33)27(5)6/h11-24,26-27H,9-10,25H2,1-8H3/b24-23+. The number of hydrogen-bond donors (Lipinski definition) is 0. The monoisotopic (exact) mass is 570 g/mol. The maximum absolute atomic E-state index is 14.4. The van der Waals surface area contributed by atoms with Gasteiger partial charge in [-0.1, -0.05) is 102 Å². The van der Waals surface area contributed by atoms with Gasteiger partial charge in [0.2, 0.25) is 0 Å². The number of methoxy groups -OCH3 is 1. The van der Waals surface area contributed by atoms with Crippen LogP contribution in [0.2, 0.25) is 0 Å². The summed E-state index contributed by atoms with van der Waals surface area (Å²) in [5.41, 5.74) is 0.825. The molecule has 0 bridgehead atoms. The largest absolute Gasteiger partial charge is 0.497 e. The normalized spacial score (nSPS) is 13.3. The van der Waals surface area contributed by atoms with Crippen LogP contribution < -0.4 is 14.2 Å². The number of carbonyl (C=O) groups is 2. The van der Waals surface area contributed by atoms with Crippen LogP contribution in [0.3, 0.4) is 0 Å². The van der Waals surface area contributed by atoms with E-state index in [4.69, 9.17) is 14.2 Å². The lowest BCUT2D eigenvalue weighted by Crippen LogP contribution is -2.42. The molecule has 5 heteroatoms. The van der Waals surface area contributed by atoms with Crippen molar-refractivity contribution >= 4 is 18.0 Å². The molecule has 3 aromatic carbocycles. The Bertz CT molecular complexity index is 1320. The summed E-state index contributed by atoms with van der Waals surface area (Å²) in [5.74, 6) is 1.43. The van der Waals surface area contributed by atoms with Gasteiger partial charge in [-0.25, -0.2) is 0 Å². The van der Waals surface area contributed by atoms with Gasteiger partial charge >= 0.3 is 11.9 Å². The highest BCUT2D eigenvalue weighted by Gasteiger charge is 2.47. The molecule has 0 saturated carbocycles. The van der Waals surface area contributed by atoms with Crippen molar-refractivity contribution in [3.8, 4) is 17.2 Å². The van der Waals surface area contributed by atoms with E-state index in [1.807, 2.05) is 93.6 Å². The molecule has 5 nitrogen and oxygen atoms in total. The molecule has 3 aromatic rings. The van der Waals surface area contributed by atoms with E-state index in [2.05, 4.69) is 27.7 Å². The lowest BCUT2D eigenvalue weighted by Gasteiger charge is -2.36. The second-order valence-electron chi connectivity index (χ2n) is 11.9. The number of rotatable bonds is 13. The predicted octanol–water partition coefficient (Wildman–Crippen LogP) is 9.37. The van der Waals surface area contributed by atoms with Crippen molar-refractivity contribution in [2.75, 3.05) is 7.11 Å². The second kappa shape index (κ2) is 14.4. The van der Waals surface area contributed by atoms with Gasteiger partial charge in [-0.05, 0) is 79.0 Å². The zero-order chi connectivity index (χ0) is 30.9. The molecule has 42 heavy (non-hydrogen) atoms. The third-order valence-electron chi connectivity index (χ3n) is 8.19. The fourth-order valence-electron chi connectivity index (χ4n) is 5.27. The van der Waals surface area contributed by atoms with Crippen molar-refractivity contribution in [3.05, 3.63) is 95.6 Å². The molecule has 0 saturated heterocycles. The van der Waals surface area contributed by atoms with Gasteiger partial charge < -0.3 is 14.2 Å². The first kappa shape index (κ1) is 32.7. The average Bonchev–Trinajstić information content (AvgIpc) is 2.99. The highest BCUT2D eigenvalue weighted by atomic mass is 16.5. The predicted molar refractivity (Wildman–Crippen MR) is 170 cm³/mol. The molecule has 1 atom stereocenters. The Morgan fingerprint density at radius 1 is 0.738 bits per heavy atom. The number of esters is 2. The zero-order valence-corrected chi connectivity index (χ0v) is 26.4. The molecule has 0 fully saturated rings. The third-order valence-corrected chi connectivity index (χ3v) is 8.19. The molecule has 3 rings (SSSR count). The molecule has 0 aliphatic heterocycles. The smallest absolute Gasteiger partial charge is 0.321 e. The van der Waals surface area contributed by atoms with Crippen molar-refractivity contribution in [1.82, 2.24) is 0 Å². The van der Waals surface area contributed by atoms with Crippen LogP contribution in [0.5, 0.6) is 17.2 Å². The molecule has 0 aliphatic carbocycles. The molecule has 0 aliphatic rings. The summed E-state index contributed by atoms with van der Waals surface area (Å²) < 4.78 is 17.5. The Labute approximate surface area is 251 Å². The van der Waals surface area contributed by atoms with Crippen molar-refractivity contribution in [2.45, 2.75) is 79.6 Å². The van der Waals surface area contributed by atoms with Crippen LogP contribution in [-0.2, 0) is 9.59 Å². The van der Waals surface area contributed by atoms with Gasteiger partial charge in [-0.3, -0.25) is 9.59 Å². The number of hydrogen-bond acceptors (Lipinski definition) is 5. The molecule has 0 amide bonds. The van der Waals surface area contributed by atoms with Crippen molar-refractivity contribution < 1.29 is 23.8 Å². The third kappa shape index (κ3) is 7.70. The van der Waals surface area contributed by atoms with Crippen LogP contribution in [-0.4, -0.2) is 19.0 Å². The molecule has 224 valence electrons. The van der Waals surface area contributed by atoms with Gasteiger partial charge in [0, 0.05) is 0 Å². The molecule has 1 unspecified atom stereocenters. The molecular weight excluding hydrogens is 524 g/mol. The van der Waals surface area contributed by atoms with Gasteiger partial charge in [0.1, 0.15) is 17.2 Å². The van der Waals surface area contributed by atoms with Crippen LogP contribution in [0.25, 0.3) is 6.08 Å². The topological polar surface area (TPSA) is 61.8 Å². The number of ether oxygens (including phenoxy) is 3. The summed E-state index contributed by atoms with van der Waals surface area (Å²) in [6.07, 6.45) is 5.03. The van der Waals surface area contributed by atoms with Gasteiger partial charge in [-0.15, -0.1) is 0 Å². The molecule has 0 heterocycles. The highest BCUT2D eigenvalue weighted by Crippen LogP contribution is 2.44. The molecule has 0 radical (unpaired) electrons. The van der Waals surface area contributed by atoms with Crippen molar-refractivity contribution in [3.63, 3.8) is 0 Å². The summed E-state index contributed by atoms with van der Waals surface area (Å²) in [5, 5.41) is 0.